The molecular formula is C21H37N7O2. The molecule has 2 saturated heterocycles. The standard InChI is InChI=1S/C21H37N7O2/c1-2-22-19(26-17-21(5-15-29)6-16-30-18-21)23-9-4-10-27-11-13-28(14-12-27)20-24-7-3-8-25-20/h3,7-8,29H,2,4-6,9-18H2,1H3,(H2,22,23,26). The van der Waals surface area contributed by atoms with E-state index < -0.39 is 0 Å². The highest BCUT2D eigenvalue weighted by Crippen LogP contribution is 2.32. The summed E-state index contributed by atoms with van der Waals surface area (Å²) in [5, 5.41) is 16.2. The molecule has 0 bridgehead atoms. The molecule has 3 N–H and O–H groups in total. The lowest BCUT2D eigenvalue weighted by Gasteiger charge is -2.34. The maximum absolute atomic E-state index is 9.39. The van der Waals surface area contributed by atoms with Crippen LogP contribution in [0.4, 0.5) is 5.95 Å². The van der Waals surface area contributed by atoms with Crippen molar-refractivity contribution in [1.29, 1.82) is 0 Å². The van der Waals surface area contributed by atoms with Gasteiger partial charge in [0.15, 0.2) is 5.96 Å². The Hall–Kier alpha value is -1.97. The Balaban J connectivity index is 1.36. The number of hydrogen-bond donors (Lipinski definition) is 3. The summed E-state index contributed by atoms with van der Waals surface area (Å²) in [6, 6.07) is 1.85. The van der Waals surface area contributed by atoms with Gasteiger partial charge in [0.25, 0.3) is 0 Å². The molecular weight excluding hydrogens is 382 g/mol. The van der Waals surface area contributed by atoms with Crippen LogP contribution >= 0.6 is 0 Å². The molecule has 3 heterocycles. The lowest BCUT2D eigenvalue weighted by molar-refractivity contribution is 0.131. The molecule has 9 nitrogen and oxygen atoms in total. The third kappa shape index (κ3) is 6.78. The van der Waals surface area contributed by atoms with Gasteiger partial charge >= 0.3 is 0 Å². The van der Waals surface area contributed by atoms with Crippen LogP contribution in [-0.2, 0) is 4.74 Å². The smallest absolute Gasteiger partial charge is 0.225 e. The largest absolute Gasteiger partial charge is 0.396 e. The average Bonchev–Trinajstić information content (AvgIpc) is 3.25. The number of aliphatic imine (C=N–C) groups is 1. The summed E-state index contributed by atoms with van der Waals surface area (Å²) in [5.74, 6) is 1.68. The predicted molar refractivity (Wildman–Crippen MR) is 119 cm³/mol. The van der Waals surface area contributed by atoms with Gasteiger partial charge in [-0.1, -0.05) is 0 Å². The van der Waals surface area contributed by atoms with E-state index in [1.165, 1.54) is 0 Å². The van der Waals surface area contributed by atoms with E-state index in [0.717, 1.165) is 83.6 Å². The highest BCUT2D eigenvalue weighted by molar-refractivity contribution is 5.79. The van der Waals surface area contributed by atoms with E-state index >= 15 is 0 Å². The van der Waals surface area contributed by atoms with E-state index in [1.54, 1.807) is 12.4 Å². The van der Waals surface area contributed by atoms with E-state index in [1.807, 2.05) is 6.07 Å². The van der Waals surface area contributed by atoms with Gasteiger partial charge in [0, 0.05) is 70.3 Å². The SMILES string of the molecule is CCNC(=NCC1(CCO)CCOC1)NCCCN1CCN(c2ncccn2)CC1. The van der Waals surface area contributed by atoms with E-state index in [4.69, 9.17) is 9.73 Å². The molecule has 9 heteroatoms. The summed E-state index contributed by atoms with van der Waals surface area (Å²) in [6.45, 7) is 11.2. The fourth-order valence-corrected chi connectivity index (χ4v) is 4.01. The third-order valence-corrected chi connectivity index (χ3v) is 5.89. The molecule has 1 aromatic rings. The molecule has 1 atom stereocenters. The van der Waals surface area contributed by atoms with Gasteiger partial charge in [-0.2, -0.15) is 0 Å². The molecule has 0 saturated carbocycles. The van der Waals surface area contributed by atoms with E-state index in [0.29, 0.717) is 13.2 Å². The van der Waals surface area contributed by atoms with Crippen molar-refractivity contribution in [2.45, 2.75) is 26.2 Å². The molecule has 2 fully saturated rings. The summed E-state index contributed by atoms with van der Waals surface area (Å²) in [5.41, 5.74) is -0.0146. The summed E-state index contributed by atoms with van der Waals surface area (Å²) in [7, 11) is 0. The molecule has 0 aromatic carbocycles. The maximum atomic E-state index is 9.39. The maximum Gasteiger partial charge on any atom is 0.225 e. The Labute approximate surface area is 179 Å². The number of guanidine groups is 1. The normalized spacial score (nSPS) is 23.0. The number of ether oxygens (including phenoxy) is 1. The topological polar surface area (TPSA) is 98.1 Å². The van der Waals surface area contributed by atoms with E-state index in [2.05, 4.69) is 37.3 Å². The quantitative estimate of drug-likeness (QED) is 0.284. The first-order valence-electron chi connectivity index (χ1n) is 11.2. The Bertz CT molecular complexity index is 630. The van der Waals surface area contributed by atoms with Gasteiger partial charge in [-0.15, -0.1) is 0 Å². The summed E-state index contributed by atoms with van der Waals surface area (Å²) in [4.78, 5) is 18.2. The zero-order chi connectivity index (χ0) is 21.1. The van der Waals surface area contributed by atoms with E-state index in [9.17, 15) is 5.11 Å². The lowest BCUT2D eigenvalue weighted by atomic mass is 9.84. The Morgan fingerprint density at radius 2 is 2.03 bits per heavy atom. The number of aliphatic hydroxyl groups is 1. The zero-order valence-corrected chi connectivity index (χ0v) is 18.2. The first kappa shape index (κ1) is 22.7. The van der Waals surface area contributed by atoms with Gasteiger partial charge in [-0.3, -0.25) is 9.89 Å². The Morgan fingerprint density at radius 1 is 1.23 bits per heavy atom. The average molecular weight is 420 g/mol. The second-order valence-corrected chi connectivity index (χ2v) is 8.13. The van der Waals surface area contributed by atoms with Gasteiger partial charge in [-0.05, 0) is 38.8 Å². The highest BCUT2D eigenvalue weighted by Gasteiger charge is 2.34. The number of aliphatic hydroxyl groups excluding tert-OH is 1. The van der Waals surface area contributed by atoms with Gasteiger partial charge < -0.3 is 25.4 Å². The molecule has 2 aliphatic heterocycles. The van der Waals surface area contributed by atoms with Crippen molar-refractivity contribution in [2.24, 2.45) is 10.4 Å². The molecule has 0 amide bonds. The third-order valence-electron chi connectivity index (χ3n) is 5.89. The number of nitrogens with one attached hydrogen (secondary N) is 2. The molecule has 168 valence electrons. The van der Waals surface area contributed by atoms with Crippen molar-refractivity contribution in [3.8, 4) is 0 Å². The van der Waals surface area contributed by atoms with E-state index in [-0.39, 0.29) is 12.0 Å². The monoisotopic (exact) mass is 419 g/mol. The lowest BCUT2D eigenvalue weighted by Crippen LogP contribution is -2.47. The van der Waals surface area contributed by atoms with Gasteiger partial charge in [0.05, 0.1) is 13.2 Å². The number of piperazine rings is 1. The Morgan fingerprint density at radius 3 is 2.70 bits per heavy atom. The van der Waals surface area contributed by atoms with Crippen LogP contribution in [0, 0.1) is 5.41 Å². The van der Waals surface area contributed by atoms with Crippen LogP contribution in [0.25, 0.3) is 0 Å². The minimum absolute atomic E-state index is 0.0146. The van der Waals surface area contributed by atoms with Crippen molar-refractivity contribution >= 4 is 11.9 Å². The first-order valence-corrected chi connectivity index (χ1v) is 11.2. The first-order chi connectivity index (χ1) is 14.7. The molecule has 0 radical (unpaired) electrons. The predicted octanol–water partition coefficient (Wildman–Crippen LogP) is 0.333. The van der Waals surface area contributed by atoms with Crippen molar-refractivity contribution in [3.05, 3.63) is 18.5 Å². The van der Waals surface area contributed by atoms with Crippen LogP contribution in [0.1, 0.15) is 26.2 Å². The molecule has 2 aliphatic rings. The minimum Gasteiger partial charge on any atom is -0.396 e. The molecule has 30 heavy (non-hydrogen) atoms. The minimum atomic E-state index is -0.0146. The number of aromatic nitrogens is 2. The van der Waals surface area contributed by atoms with Crippen LogP contribution in [0.2, 0.25) is 0 Å². The second-order valence-electron chi connectivity index (χ2n) is 8.13. The highest BCUT2D eigenvalue weighted by atomic mass is 16.5. The molecule has 1 aromatic heterocycles. The molecule has 1 unspecified atom stereocenters. The summed E-state index contributed by atoms with van der Waals surface area (Å²) in [6.07, 6.45) is 6.38. The summed E-state index contributed by atoms with van der Waals surface area (Å²) >= 11 is 0. The van der Waals surface area contributed by atoms with Crippen LogP contribution in [0.15, 0.2) is 23.5 Å². The fraction of sp³-hybridized carbons (Fsp3) is 0.762. The van der Waals surface area contributed by atoms with Gasteiger partial charge in [-0.25, -0.2) is 9.97 Å². The fourth-order valence-electron chi connectivity index (χ4n) is 4.01. The Kier molecular flexibility index (Phi) is 9.10. The zero-order valence-electron chi connectivity index (χ0n) is 18.2. The van der Waals surface area contributed by atoms with Crippen molar-refractivity contribution < 1.29 is 9.84 Å². The van der Waals surface area contributed by atoms with Gasteiger partial charge in [0.2, 0.25) is 5.95 Å². The number of rotatable bonds is 10. The number of nitrogens with zero attached hydrogens (tertiary/aromatic N) is 5. The van der Waals surface area contributed by atoms with Crippen LogP contribution < -0.4 is 15.5 Å². The number of anilines is 1. The summed E-state index contributed by atoms with van der Waals surface area (Å²) < 4.78 is 5.57. The van der Waals surface area contributed by atoms with Crippen molar-refractivity contribution in [2.75, 3.05) is 77.1 Å². The van der Waals surface area contributed by atoms with Crippen LogP contribution in [0.3, 0.4) is 0 Å². The second kappa shape index (κ2) is 12.0. The van der Waals surface area contributed by atoms with Gasteiger partial charge in [0.1, 0.15) is 0 Å². The molecule has 0 aliphatic carbocycles. The van der Waals surface area contributed by atoms with Crippen LogP contribution in [-0.4, -0.2) is 98.1 Å². The van der Waals surface area contributed by atoms with Crippen molar-refractivity contribution in [1.82, 2.24) is 25.5 Å². The number of hydrogen-bond acceptors (Lipinski definition) is 7. The molecule has 3 rings (SSSR count). The molecule has 0 spiro atoms. The van der Waals surface area contributed by atoms with Crippen molar-refractivity contribution in [3.63, 3.8) is 0 Å². The van der Waals surface area contributed by atoms with Crippen LogP contribution in [0.5, 0.6) is 0 Å².